The maximum Gasteiger partial charge on any atom is 0.323 e. The Morgan fingerprint density at radius 2 is 1.11 bits per heavy atom. The van der Waals surface area contributed by atoms with Crippen LogP contribution in [-0.2, 0) is 107 Å². The summed E-state index contributed by atoms with van der Waals surface area (Å²) in [5, 5.41) is 55.1. The van der Waals surface area contributed by atoms with Gasteiger partial charge in [-0.15, -0.1) is 0 Å². The smallest absolute Gasteiger partial charge is 0.323 e. The summed E-state index contributed by atoms with van der Waals surface area (Å²) in [5.41, 5.74) is 20.2. The fourth-order valence-electron chi connectivity index (χ4n) is 18.8. The Morgan fingerprint density at radius 3 is 1.77 bits per heavy atom. The van der Waals surface area contributed by atoms with E-state index in [4.69, 9.17) is 17.2 Å². The Kier molecular flexibility index (Phi) is 36.1. The molecular weight excluding hydrogens is 1720 g/mol. The second-order valence-corrected chi connectivity index (χ2v) is 36.8. The molecule has 5 saturated heterocycles. The molecule has 3 aromatic carbocycles. The van der Waals surface area contributed by atoms with E-state index < -0.39 is 223 Å². The number of aliphatic carboxylic acids is 2. The van der Waals surface area contributed by atoms with Crippen LogP contribution in [0.15, 0.2) is 85.2 Å². The van der Waals surface area contributed by atoms with E-state index in [1.54, 1.807) is 107 Å². The lowest BCUT2D eigenvalue weighted by Gasteiger charge is -2.39. The molecule has 10 rings (SSSR count). The average Bonchev–Trinajstić information content (AvgIpc) is 1.52. The molecule has 133 heavy (non-hydrogen) atoms. The van der Waals surface area contributed by atoms with Gasteiger partial charge >= 0.3 is 11.9 Å². The molecule has 0 unspecified atom stereocenters. The first-order valence-corrected chi connectivity index (χ1v) is 46.5. The van der Waals surface area contributed by atoms with Crippen molar-refractivity contribution in [1.29, 1.82) is 0 Å². The lowest BCUT2D eigenvalue weighted by molar-refractivity contribution is -0.149. The summed E-state index contributed by atoms with van der Waals surface area (Å²) in [6.07, 6.45) is 1.33. The number of carboxylic acids is 2. The molecular formula is C94H133N19O20. The third-order valence-electron chi connectivity index (χ3n) is 25.9. The van der Waals surface area contributed by atoms with E-state index in [9.17, 15) is 53.7 Å². The van der Waals surface area contributed by atoms with Crippen LogP contribution >= 0.6 is 0 Å². The Hall–Kier alpha value is -12.4. The predicted molar refractivity (Wildman–Crippen MR) is 489 cm³/mol. The van der Waals surface area contributed by atoms with Gasteiger partial charge in [0.2, 0.25) is 82.7 Å². The molecule has 18 N–H and O–H groups in total. The van der Waals surface area contributed by atoms with Gasteiger partial charge in [0.05, 0.1) is 6.10 Å². The predicted octanol–water partition coefficient (Wildman–Crippen LogP) is 1.26. The highest BCUT2D eigenvalue weighted by atomic mass is 16.4. The first-order valence-electron chi connectivity index (χ1n) is 46.5. The molecule has 5 aliphatic rings. The molecule has 39 heteroatoms. The number of piperidine rings is 1. The largest absolute Gasteiger partial charge is 0.481 e. The van der Waals surface area contributed by atoms with Gasteiger partial charge in [-0.25, -0.2) is 0 Å². The van der Waals surface area contributed by atoms with Crippen LogP contribution in [0, 0.1) is 18.8 Å². The molecule has 5 aromatic rings. The number of aryl methyl sites for hydroxylation is 1. The van der Waals surface area contributed by atoms with E-state index in [2.05, 4.69) is 47.5 Å². The van der Waals surface area contributed by atoms with Crippen LogP contribution in [-0.4, -0.2) is 292 Å². The first-order chi connectivity index (χ1) is 63.3. The summed E-state index contributed by atoms with van der Waals surface area (Å²) >= 11 is 0. The molecule has 39 nitrogen and oxygen atoms in total. The summed E-state index contributed by atoms with van der Waals surface area (Å²) in [6, 6.07) is 1.80. The summed E-state index contributed by atoms with van der Waals surface area (Å²) in [4.78, 5) is 262. The van der Waals surface area contributed by atoms with Gasteiger partial charge in [0, 0.05) is 113 Å². The van der Waals surface area contributed by atoms with Gasteiger partial charge in [0.15, 0.2) is 5.66 Å². The van der Waals surface area contributed by atoms with Gasteiger partial charge in [0.25, 0.3) is 5.91 Å². The standard InChI is InChI=1S/C94H133N19O20/c1-10-12-26-72-85(125)102-65(42-53(3)4)82(122)100-63(80(97)120)25-20-30-77(115)99-68(44-56-33-31-55(7)32-34-56)90(130)112-41-19-18-38-94(112)93(133)113(94)75(35-36-78(116)117)92(132)110-40-21-29-73(110)86(126)106-70(48-96)84(124)104-67(43-54(5)6)89(129)111-51-59(114)47-76(111)87(127)103-66(45-57-49-98-62-24-16-14-22-60(57)62)83(123)101-64(37-39-95)81(121)105-69(88(128)108(9)74(27-13-11-2)91(131)107(72)8)46-58-50-109(52-79(118)119)71-28-17-15-23-61(58)71/h14-17,22-24,28,31-34,49-50,53-54,59,63-70,72-76,98,114H,10-13,18-21,25-27,29-30,35-48,51-52,95-96H2,1-9H3,(H2,97,120)(H,99,115)(H,100,122)(H,101,123)(H,102,125)(H,103,127)(H,104,124)(H,105,121)(H,106,126)(H,116,117)(H,118,119)/t59-,63+,64+,65+,66+,67+,68+,69+,70+,72+,73+,74+,75+,76+,94-,113?/m1/s1. The van der Waals surface area contributed by atoms with Crippen LogP contribution in [0.2, 0.25) is 0 Å². The monoisotopic (exact) mass is 1850 g/mol. The minimum Gasteiger partial charge on any atom is -0.481 e. The fraction of sp³-hybridized carbons (Fsp3) is 0.585. The van der Waals surface area contributed by atoms with Crippen LogP contribution in [0.1, 0.15) is 192 Å². The molecule has 0 radical (unpaired) electrons. The molecule has 724 valence electrons. The molecule has 5 aliphatic heterocycles. The zero-order chi connectivity index (χ0) is 97.0. The average molecular weight is 1850 g/mol. The Labute approximate surface area is 773 Å². The number of nitrogens with one attached hydrogen (secondary N) is 9. The van der Waals surface area contributed by atoms with Gasteiger partial charge in [0.1, 0.15) is 85.1 Å². The van der Waals surface area contributed by atoms with Crippen molar-refractivity contribution in [3.8, 4) is 0 Å². The molecule has 5 fully saturated rings. The van der Waals surface area contributed by atoms with Crippen molar-refractivity contribution in [3.05, 3.63) is 107 Å². The van der Waals surface area contributed by atoms with E-state index in [0.717, 1.165) is 15.4 Å². The number of rotatable bonds is 25. The van der Waals surface area contributed by atoms with Gasteiger partial charge in [-0.3, -0.25) is 86.4 Å². The molecule has 7 heterocycles. The van der Waals surface area contributed by atoms with Crippen molar-refractivity contribution in [3.63, 3.8) is 0 Å². The van der Waals surface area contributed by atoms with Crippen molar-refractivity contribution < 1.29 is 96.8 Å². The number of unbranched alkanes of at least 4 members (excludes halogenated alkanes) is 2. The number of aromatic nitrogens is 2. The van der Waals surface area contributed by atoms with E-state index in [-0.39, 0.29) is 128 Å². The van der Waals surface area contributed by atoms with Gasteiger partial charge in [-0.05, 0) is 138 Å². The Morgan fingerprint density at radius 1 is 0.526 bits per heavy atom. The minimum atomic E-state index is -1.82. The number of carboxylic acid groups (broad SMARTS) is 2. The van der Waals surface area contributed by atoms with E-state index >= 15 is 43.2 Å². The molecule has 1 spiro atoms. The number of primary amides is 1. The number of carbonyl (C=O) groups is 17. The number of benzene rings is 3. The number of aliphatic hydroxyl groups is 1. The number of aromatic amines is 1. The number of fused-ring (bicyclic) bond motifs is 4. The lowest BCUT2D eigenvalue weighted by atomic mass is 9.97. The van der Waals surface area contributed by atoms with Crippen LogP contribution in [0.3, 0.4) is 0 Å². The van der Waals surface area contributed by atoms with Crippen molar-refractivity contribution >= 4 is 122 Å². The zero-order valence-corrected chi connectivity index (χ0v) is 77.5. The summed E-state index contributed by atoms with van der Waals surface area (Å²) in [7, 11) is 2.76. The van der Waals surface area contributed by atoms with E-state index in [1.165, 1.54) is 44.5 Å². The number of hydrogen-bond acceptors (Lipinski definition) is 20. The number of carbonyl (C=O) groups excluding carboxylic acids is 15. The second-order valence-electron chi connectivity index (χ2n) is 36.8. The third kappa shape index (κ3) is 25.5. The zero-order valence-electron chi connectivity index (χ0n) is 77.5. The molecule has 2 aromatic heterocycles. The fourth-order valence-corrected chi connectivity index (χ4v) is 18.8. The van der Waals surface area contributed by atoms with Gasteiger partial charge < -0.3 is 109 Å². The van der Waals surface area contributed by atoms with Crippen LogP contribution < -0.4 is 59.7 Å². The van der Waals surface area contributed by atoms with Crippen LogP contribution in [0.5, 0.6) is 0 Å². The molecule has 0 saturated carbocycles. The van der Waals surface area contributed by atoms with Crippen molar-refractivity contribution in [2.75, 3.05) is 46.8 Å². The van der Waals surface area contributed by atoms with Crippen LogP contribution in [0.4, 0.5) is 0 Å². The highest BCUT2D eigenvalue weighted by Crippen LogP contribution is 2.49. The number of aliphatic hydroxyl groups excluding tert-OH is 1. The van der Waals surface area contributed by atoms with E-state index in [0.29, 0.717) is 77.0 Å². The maximum atomic E-state index is 15.9. The Bertz CT molecular complexity index is 5070. The molecule has 0 bridgehead atoms. The van der Waals surface area contributed by atoms with Crippen molar-refractivity contribution in [2.24, 2.45) is 29.0 Å². The van der Waals surface area contributed by atoms with E-state index in [1.807, 2.05) is 20.8 Å². The number of amides is 15. The molecule has 0 aliphatic carbocycles. The molecule has 15 amide bonds. The quantitative estimate of drug-likeness (QED) is 0.0366. The van der Waals surface area contributed by atoms with Crippen molar-refractivity contribution in [2.45, 2.75) is 293 Å². The number of nitrogens with two attached hydrogens (primary N) is 3. The van der Waals surface area contributed by atoms with Gasteiger partial charge in [-0.1, -0.05) is 133 Å². The highest BCUT2D eigenvalue weighted by molar-refractivity contribution is 6.09. The third-order valence-corrected chi connectivity index (χ3v) is 25.9. The van der Waals surface area contributed by atoms with Crippen molar-refractivity contribution in [1.82, 2.24) is 81.5 Å². The summed E-state index contributed by atoms with van der Waals surface area (Å²) in [6.45, 7) is 10.8. The topological polar surface area (TPSA) is 565 Å². The maximum absolute atomic E-state index is 15.9. The lowest BCUT2D eigenvalue weighted by Crippen LogP contribution is -2.61. The molecule has 15 atom stereocenters. The number of para-hydroxylation sites is 2. The SMILES string of the molecule is CCCC[C@H]1C(=O)N(C)[C@@H](CCCC)C(=O)N[C@@H](CC(C)C)C(=O)N[C@H](C(N)=O)CCCC(=O)N[C@@H](Cc2ccc(C)cc2)C(=O)N2CCCC[C@@]23C(=O)N3[C@@H](CCC(=O)O)C(=O)N2CCC[C@H]2C(=O)N[C@@H](CN)C(=O)N[C@@H](CC(C)C)C(=O)N2C[C@H](O)C[C@H]2C(=O)N[C@@H](Cc2c[nH]c3ccccc23)C(=O)N[C@@H](CCN)C(=O)N[C@@H](Cc2cn(CC(=O)O)c3ccccc23)C(=O)N1C. The number of likely N-dealkylation sites (N-methyl/N-ethyl adjacent to an activating group) is 2. The number of hydrogen-bond donors (Lipinski definition) is 15. The summed E-state index contributed by atoms with van der Waals surface area (Å²) < 4.78 is 1.46. The number of nitrogens with zero attached hydrogens (tertiary/aromatic N) is 7. The summed E-state index contributed by atoms with van der Waals surface area (Å²) in [5.74, 6) is -15.8. The second kappa shape index (κ2) is 46.8. The van der Waals surface area contributed by atoms with Gasteiger partial charge in [-0.2, -0.15) is 0 Å². The Balaban J connectivity index is 1.02. The highest BCUT2D eigenvalue weighted by Gasteiger charge is 2.72. The minimum absolute atomic E-state index is 0.000626. The first kappa shape index (κ1) is 103. The normalized spacial score (nSPS) is 26.4. The van der Waals surface area contributed by atoms with Crippen LogP contribution in [0.25, 0.3) is 21.8 Å². The number of H-pyrrole nitrogens is 1.